The molecule has 100 valence electrons. The van der Waals surface area contributed by atoms with Gasteiger partial charge in [-0.2, -0.15) is 0 Å². The Balaban J connectivity index is 2.05. The quantitative estimate of drug-likeness (QED) is 0.911. The zero-order valence-electron chi connectivity index (χ0n) is 10.8. The maximum Gasteiger partial charge on any atom is 0.137 e. The summed E-state index contributed by atoms with van der Waals surface area (Å²) in [4.78, 5) is 0. The van der Waals surface area contributed by atoms with E-state index in [9.17, 15) is 5.11 Å². The van der Waals surface area contributed by atoms with Gasteiger partial charge in [-0.25, -0.2) is 0 Å². The van der Waals surface area contributed by atoms with Crippen LogP contribution in [0.15, 0.2) is 30.5 Å². The fourth-order valence-electron chi connectivity index (χ4n) is 2.71. The van der Waals surface area contributed by atoms with Crippen LogP contribution in [0.4, 0.5) is 0 Å². The van der Waals surface area contributed by atoms with Crippen molar-refractivity contribution in [2.45, 2.75) is 25.4 Å². The second-order valence-corrected chi connectivity index (χ2v) is 5.22. The van der Waals surface area contributed by atoms with Crippen molar-refractivity contribution in [3.63, 3.8) is 0 Å². The van der Waals surface area contributed by atoms with Gasteiger partial charge in [0.2, 0.25) is 0 Å². The van der Waals surface area contributed by atoms with Crippen LogP contribution in [0.25, 0.3) is 5.69 Å². The Morgan fingerprint density at radius 2 is 2.21 bits per heavy atom. The molecule has 1 aromatic carbocycles. The molecule has 1 unspecified atom stereocenters. The molecule has 1 aliphatic rings. The van der Waals surface area contributed by atoms with E-state index in [4.69, 9.17) is 16.3 Å². The van der Waals surface area contributed by atoms with Gasteiger partial charge in [0, 0.05) is 23.1 Å². The van der Waals surface area contributed by atoms with Gasteiger partial charge in [-0.1, -0.05) is 11.6 Å². The number of aliphatic hydroxyl groups is 1. The smallest absolute Gasteiger partial charge is 0.137 e. The number of methoxy groups -OCH3 is 1. The van der Waals surface area contributed by atoms with Gasteiger partial charge in [0.15, 0.2) is 0 Å². The van der Waals surface area contributed by atoms with Crippen molar-refractivity contribution in [2.75, 3.05) is 7.11 Å². The summed E-state index contributed by atoms with van der Waals surface area (Å²) in [5.41, 5.74) is 3.22. The number of hydrogen-bond donors (Lipinski definition) is 1. The molecule has 0 spiro atoms. The first kappa shape index (κ1) is 12.6. The predicted molar refractivity (Wildman–Crippen MR) is 75.2 cm³/mol. The van der Waals surface area contributed by atoms with E-state index in [1.165, 1.54) is 5.69 Å². The maximum absolute atomic E-state index is 10.00. The standard InChI is InChI=1S/C15H16ClNO2/c1-19-15-6-5-10(9-12(15)16)17-8-7-11-13(17)3-2-4-14(11)18/h5-9,14,18H,2-4H2,1H3. The van der Waals surface area contributed by atoms with Crippen LogP contribution in [0.5, 0.6) is 5.75 Å². The van der Waals surface area contributed by atoms with Crippen molar-refractivity contribution < 1.29 is 9.84 Å². The van der Waals surface area contributed by atoms with Crippen molar-refractivity contribution >= 4 is 11.6 Å². The molecule has 3 rings (SSSR count). The zero-order valence-corrected chi connectivity index (χ0v) is 11.5. The summed E-state index contributed by atoms with van der Waals surface area (Å²) < 4.78 is 7.27. The van der Waals surface area contributed by atoms with Crippen LogP contribution < -0.4 is 4.74 Å². The largest absolute Gasteiger partial charge is 0.495 e. The van der Waals surface area contributed by atoms with Crippen molar-refractivity contribution in [3.05, 3.63) is 46.7 Å². The molecule has 1 heterocycles. The zero-order chi connectivity index (χ0) is 13.4. The monoisotopic (exact) mass is 277 g/mol. The van der Waals surface area contributed by atoms with Gasteiger partial charge < -0.3 is 14.4 Å². The summed E-state index contributed by atoms with van der Waals surface area (Å²) in [6.45, 7) is 0. The molecule has 0 amide bonds. The van der Waals surface area contributed by atoms with Gasteiger partial charge in [-0.3, -0.25) is 0 Å². The molecule has 0 fully saturated rings. The molecule has 0 aliphatic heterocycles. The molecule has 1 aliphatic carbocycles. The van der Waals surface area contributed by atoms with Crippen LogP contribution in [-0.2, 0) is 6.42 Å². The molecular formula is C15H16ClNO2. The highest BCUT2D eigenvalue weighted by Gasteiger charge is 2.21. The third-order valence-electron chi connectivity index (χ3n) is 3.69. The summed E-state index contributed by atoms with van der Waals surface area (Å²) in [6, 6.07) is 7.73. The first-order chi connectivity index (χ1) is 9.20. The van der Waals surface area contributed by atoms with E-state index in [-0.39, 0.29) is 6.10 Å². The van der Waals surface area contributed by atoms with Crippen LogP contribution in [0.3, 0.4) is 0 Å². The molecule has 0 saturated heterocycles. The molecule has 19 heavy (non-hydrogen) atoms. The Bertz CT molecular complexity index is 606. The summed E-state index contributed by atoms with van der Waals surface area (Å²) in [6.07, 6.45) is 4.52. The van der Waals surface area contributed by atoms with Crippen molar-refractivity contribution in [3.8, 4) is 11.4 Å². The lowest BCUT2D eigenvalue weighted by Crippen LogP contribution is -2.11. The second kappa shape index (κ2) is 4.91. The molecule has 0 saturated carbocycles. The average molecular weight is 278 g/mol. The van der Waals surface area contributed by atoms with Gasteiger partial charge in [-0.05, 0) is 43.5 Å². The minimum atomic E-state index is -0.335. The van der Waals surface area contributed by atoms with Gasteiger partial charge >= 0.3 is 0 Å². The number of hydrogen-bond acceptors (Lipinski definition) is 2. The number of benzene rings is 1. The SMILES string of the molecule is COc1ccc(-n2ccc3c2CCCC3O)cc1Cl. The Morgan fingerprint density at radius 3 is 2.95 bits per heavy atom. The fourth-order valence-corrected chi connectivity index (χ4v) is 2.97. The summed E-state index contributed by atoms with van der Waals surface area (Å²) in [5, 5.41) is 10.6. The van der Waals surface area contributed by atoms with Gasteiger partial charge in [-0.15, -0.1) is 0 Å². The van der Waals surface area contributed by atoms with Gasteiger partial charge in [0.05, 0.1) is 18.2 Å². The second-order valence-electron chi connectivity index (χ2n) is 4.81. The van der Waals surface area contributed by atoms with Crippen LogP contribution >= 0.6 is 11.6 Å². The third-order valence-corrected chi connectivity index (χ3v) is 3.99. The Labute approximate surface area is 117 Å². The topological polar surface area (TPSA) is 34.4 Å². The van der Waals surface area contributed by atoms with Crippen LogP contribution in [0.1, 0.15) is 30.2 Å². The number of rotatable bonds is 2. The number of nitrogens with zero attached hydrogens (tertiary/aromatic N) is 1. The van der Waals surface area contributed by atoms with E-state index in [2.05, 4.69) is 4.57 Å². The Morgan fingerprint density at radius 1 is 1.37 bits per heavy atom. The Kier molecular flexibility index (Phi) is 3.25. The van der Waals surface area contributed by atoms with E-state index in [1.807, 2.05) is 30.5 Å². The van der Waals surface area contributed by atoms with E-state index >= 15 is 0 Å². The average Bonchev–Trinajstić information content (AvgIpc) is 2.84. The highest BCUT2D eigenvalue weighted by atomic mass is 35.5. The van der Waals surface area contributed by atoms with Gasteiger partial charge in [0.25, 0.3) is 0 Å². The molecule has 1 atom stereocenters. The van der Waals surface area contributed by atoms with Crippen molar-refractivity contribution in [1.82, 2.24) is 4.57 Å². The van der Waals surface area contributed by atoms with E-state index in [0.717, 1.165) is 30.5 Å². The van der Waals surface area contributed by atoms with Crippen LogP contribution in [-0.4, -0.2) is 16.8 Å². The first-order valence-corrected chi connectivity index (χ1v) is 6.80. The number of aromatic nitrogens is 1. The van der Waals surface area contributed by atoms with Crippen LogP contribution in [0, 0.1) is 0 Å². The highest BCUT2D eigenvalue weighted by molar-refractivity contribution is 6.32. The lowest BCUT2D eigenvalue weighted by molar-refractivity contribution is 0.156. The molecule has 0 radical (unpaired) electrons. The van der Waals surface area contributed by atoms with E-state index in [0.29, 0.717) is 10.8 Å². The normalized spacial score (nSPS) is 18.2. The minimum Gasteiger partial charge on any atom is -0.495 e. The predicted octanol–water partition coefficient (Wildman–Crippen LogP) is 3.51. The summed E-state index contributed by atoms with van der Waals surface area (Å²) >= 11 is 6.17. The van der Waals surface area contributed by atoms with Crippen molar-refractivity contribution in [1.29, 1.82) is 0 Å². The lowest BCUT2D eigenvalue weighted by Gasteiger charge is -2.20. The highest BCUT2D eigenvalue weighted by Crippen LogP contribution is 2.33. The van der Waals surface area contributed by atoms with Crippen LogP contribution in [0.2, 0.25) is 5.02 Å². The Hall–Kier alpha value is -1.45. The van der Waals surface area contributed by atoms with E-state index < -0.39 is 0 Å². The molecule has 4 heteroatoms. The third kappa shape index (κ3) is 2.13. The number of halogens is 1. The molecule has 0 bridgehead atoms. The lowest BCUT2D eigenvalue weighted by atomic mass is 9.95. The maximum atomic E-state index is 10.00. The minimum absolute atomic E-state index is 0.335. The number of fused-ring (bicyclic) bond motifs is 1. The fraction of sp³-hybridized carbons (Fsp3) is 0.333. The molecule has 3 nitrogen and oxygen atoms in total. The van der Waals surface area contributed by atoms with Crippen molar-refractivity contribution in [2.24, 2.45) is 0 Å². The summed E-state index contributed by atoms with van der Waals surface area (Å²) in [7, 11) is 1.61. The van der Waals surface area contributed by atoms with E-state index in [1.54, 1.807) is 7.11 Å². The number of ether oxygens (including phenoxy) is 1. The molecule has 1 aromatic heterocycles. The van der Waals surface area contributed by atoms with Gasteiger partial charge in [0.1, 0.15) is 5.75 Å². The number of aliphatic hydroxyl groups excluding tert-OH is 1. The summed E-state index contributed by atoms with van der Waals surface area (Å²) in [5.74, 6) is 0.673. The first-order valence-electron chi connectivity index (χ1n) is 6.43. The molecular weight excluding hydrogens is 262 g/mol. The molecule has 1 N–H and O–H groups in total. The molecule has 2 aromatic rings.